The summed E-state index contributed by atoms with van der Waals surface area (Å²) in [6.07, 6.45) is 1.67. The van der Waals surface area contributed by atoms with Gasteiger partial charge in [0.2, 0.25) is 0 Å². The number of para-hydroxylation sites is 1. The zero-order valence-electron chi connectivity index (χ0n) is 27.1. The molecule has 0 spiro atoms. The van der Waals surface area contributed by atoms with E-state index in [9.17, 15) is 4.79 Å². The predicted molar refractivity (Wildman–Crippen MR) is 198 cm³/mol. The fourth-order valence-electron chi connectivity index (χ4n) is 5.73. The highest BCUT2D eigenvalue weighted by molar-refractivity contribution is 14.1. The first-order valence-corrected chi connectivity index (χ1v) is 16.7. The molecule has 47 heavy (non-hydrogen) atoms. The second-order valence-electron chi connectivity index (χ2n) is 11.6. The number of hydrogen-bond acceptors (Lipinski definition) is 6. The van der Waals surface area contributed by atoms with Crippen molar-refractivity contribution in [2.24, 2.45) is 5.10 Å². The molecule has 0 aliphatic rings. The quantitative estimate of drug-likeness (QED) is 0.104. The molecule has 0 unspecified atom stereocenters. The number of aromatic nitrogens is 2. The molecule has 0 bridgehead atoms. The molecule has 0 saturated heterocycles. The molecule has 8 heteroatoms. The molecule has 0 saturated carbocycles. The van der Waals surface area contributed by atoms with E-state index in [1.807, 2.05) is 68.4 Å². The van der Waals surface area contributed by atoms with Crippen molar-refractivity contribution in [3.05, 3.63) is 127 Å². The van der Waals surface area contributed by atoms with Gasteiger partial charge in [0.25, 0.3) is 5.56 Å². The van der Waals surface area contributed by atoms with Gasteiger partial charge < -0.3 is 14.2 Å². The summed E-state index contributed by atoms with van der Waals surface area (Å²) in [5.41, 5.74) is 4.99. The van der Waals surface area contributed by atoms with E-state index in [2.05, 4.69) is 66.8 Å². The van der Waals surface area contributed by atoms with Gasteiger partial charge in [0.15, 0.2) is 17.3 Å². The SMILES string of the molecule is CCOc1cc(C=Nn2c(-c3cc(C(C)C)c(OC)cc3C)nc3ccccc3c2=O)cc(I)c1OCc1cccc2ccccc12. The number of nitrogens with zero attached hydrogens (tertiary/aromatic N) is 3. The Morgan fingerprint density at radius 1 is 0.915 bits per heavy atom. The van der Waals surface area contributed by atoms with E-state index in [1.54, 1.807) is 19.4 Å². The smallest absolute Gasteiger partial charge is 0.282 e. The molecule has 0 atom stereocenters. The molecule has 0 amide bonds. The Kier molecular flexibility index (Phi) is 9.58. The summed E-state index contributed by atoms with van der Waals surface area (Å²) in [4.78, 5) is 18.9. The van der Waals surface area contributed by atoms with Gasteiger partial charge in [0.05, 0.1) is 34.4 Å². The van der Waals surface area contributed by atoms with Crippen LogP contribution in [0.15, 0.2) is 101 Å². The molecule has 238 valence electrons. The molecule has 6 aromatic rings. The summed E-state index contributed by atoms with van der Waals surface area (Å²) in [7, 11) is 1.67. The van der Waals surface area contributed by atoms with Gasteiger partial charge in [-0.05, 0) is 112 Å². The number of fused-ring (bicyclic) bond motifs is 2. The Morgan fingerprint density at radius 2 is 1.66 bits per heavy atom. The van der Waals surface area contributed by atoms with E-state index < -0.39 is 0 Å². The van der Waals surface area contributed by atoms with Crippen LogP contribution in [0, 0.1) is 10.5 Å². The minimum atomic E-state index is -0.252. The number of methoxy groups -OCH3 is 1. The van der Waals surface area contributed by atoms with Crippen LogP contribution in [0.1, 0.15) is 48.9 Å². The second-order valence-corrected chi connectivity index (χ2v) is 12.7. The Balaban J connectivity index is 1.41. The molecule has 0 fully saturated rings. The highest BCUT2D eigenvalue weighted by Gasteiger charge is 2.19. The lowest BCUT2D eigenvalue weighted by Gasteiger charge is -2.17. The van der Waals surface area contributed by atoms with Crippen molar-refractivity contribution in [1.29, 1.82) is 0 Å². The zero-order valence-corrected chi connectivity index (χ0v) is 29.2. The van der Waals surface area contributed by atoms with Crippen LogP contribution in [0.4, 0.5) is 0 Å². The molecule has 0 radical (unpaired) electrons. The number of aryl methyl sites for hydroxylation is 1. The third kappa shape index (κ3) is 6.60. The standard InChI is InChI=1S/C39H36IN3O4/c1-6-46-36-20-26(19-33(40)37(36)47-23-28-14-11-13-27-12-7-8-15-29(27)28)22-41-43-38(42-34-17-10-9-16-30(34)39(43)44)32-21-31(24(2)3)35(45-5)18-25(32)4/h7-22,24H,6,23H2,1-5H3. The number of ether oxygens (including phenoxy) is 3. The lowest BCUT2D eigenvalue weighted by atomic mass is 9.96. The summed E-state index contributed by atoms with van der Waals surface area (Å²) in [6, 6.07) is 29.8. The first-order chi connectivity index (χ1) is 22.8. The van der Waals surface area contributed by atoms with Crippen LogP contribution in [0.3, 0.4) is 0 Å². The molecule has 1 heterocycles. The third-order valence-corrected chi connectivity index (χ3v) is 8.90. The topological polar surface area (TPSA) is 74.9 Å². The maximum absolute atomic E-state index is 13.9. The maximum Gasteiger partial charge on any atom is 0.282 e. The van der Waals surface area contributed by atoms with Crippen LogP contribution in [-0.2, 0) is 6.61 Å². The van der Waals surface area contributed by atoms with Crippen molar-refractivity contribution in [2.45, 2.75) is 40.2 Å². The van der Waals surface area contributed by atoms with Gasteiger partial charge in [-0.15, -0.1) is 0 Å². The van der Waals surface area contributed by atoms with E-state index in [4.69, 9.17) is 24.3 Å². The van der Waals surface area contributed by atoms with E-state index in [0.29, 0.717) is 41.4 Å². The Labute approximate surface area is 288 Å². The summed E-state index contributed by atoms with van der Waals surface area (Å²) < 4.78 is 20.4. The summed E-state index contributed by atoms with van der Waals surface area (Å²) in [5, 5.41) is 7.56. The van der Waals surface area contributed by atoms with Crippen LogP contribution in [0.25, 0.3) is 33.1 Å². The van der Waals surface area contributed by atoms with Crippen molar-refractivity contribution in [2.75, 3.05) is 13.7 Å². The average Bonchev–Trinajstić information content (AvgIpc) is 3.07. The molecular weight excluding hydrogens is 701 g/mol. The first kappa shape index (κ1) is 32.2. The fraction of sp³-hybridized carbons (Fsp3) is 0.205. The molecule has 7 nitrogen and oxygen atoms in total. The summed E-state index contributed by atoms with van der Waals surface area (Å²) in [6.45, 7) is 9.02. The van der Waals surface area contributed by atoms with Crippen molar-refractivity contribution in [3.63, 3.8) is 0 Å². The molecule has 0 aliphatic heterocycles. The first-order valence-electron chi connectivity index (χ1n) is 15.6. The van der Waals surface area contributed by atoms with Crippen molar-refractivity contribution in [1.82, 2.24) is 9.66 Å². The zero-order chi connectivity index (χ0) is 33.1. The van der Waals surface area contributed by atoms with Gasteiger partial charge in [-0.25, -0.2) is 4.98 Å². The van der Waals surface area contributed by atoms with Crippen LogP contribution in [0.5, 0.6) is 17.2 Å². The number of rotatable bonds is 10. The maximum atomic E-state index is 13.9. The van der Waals surface area contributed by atoms with Crippen molar-refractivity contribution in [3.8, 4) is 28.6 Å². The predicted octanol–water partition coefficient (Wildman–Crippen LogP) is 9.12. The third-order valence-electron chi connectivity index (χ3n) is 8.10. The van der Waals surface area contributed by atoms with Crippen LogP contribution >= 0.6 is 22.6 Å². The molecule has 5 aromatic carbocycles. The molecule has 0 N–H and O–H groups in total. The van der Waals surface area contributed by atoms with Gasteiger partial charge in [-0.3, -0.25) is 4.79 Å². The average molecular weight is 738 g/mol. The second kappa shape index (κ2) is 14.0. The van der Waals surface area contributed by atoms with Gasteiger partial charge in [-0.2, -0.15) is 9.78 Å². The Bertz CT molecular complexity index is 2180. The van der Waals surface area contributed by atoms with Crippen LogP contribution < -0.4 is 19.8 Å². The summed E-state index contributed by atoms with van der Waals surface area (Å²) >= 11 is 2.26. The number of hydrogen-bond donors (Lipinski definition) is 0. The minimum Gasteiger partial charge on any atom is -0.496 e. The van der Waals surface area contributed by atoms with E-state index >= 15 is 0 Å². The molecular formula is C39H36IN3O4. The van der Waals surface area contributed by atoms with E-state index in [0.717, 1.165) is 42.5 Å². The number of halogens is 1. The largest absolute Gasteiger partial charge is 0.496 e. The van der Waals surface area contributed by atoms with E-state index in [-0.39, 0.29) is 11.5 Å². The van der Waals surface area contributed by atoms with Gasteiger partial charge in [0.1, 0.15) is 12.4 Å². The lowest BCUT2D eigenvalue weighted by Crippen LogP contribution is -2.21. The normalized spacial score (nSPS) is 11.6. The Morgan fingerprint density at radius 3 is 2.43 bits per heavy atom. The van der Waals surface area contributed by atoms with Crippen LogP contribution in [-0.4, -0.2) is 29.6 Å². The molecule has 1 aromatic heterocycles. The minimum absolute atomic E-state index is 0.203. The highest BCUT2D eigenvalue weighted by atomic mass is 127. The fourth-order valence-corrected chi connectivity index (χ4v) is 6.51. The van der Waals surface area contributed by atoms with Gasteiger partial charge in [0, 0.05) is 5.56 Å². The van der Waals surface area contributed by atoms with Crippen LogP contribution in [0.2, 0.25) is 0 Å². The van der Waals surface area contributed by atoms with Crippen molar-refractivity contribution < 1.29 is 14.2 Å². The highest BCUT2D eigenvalue weighted by Crippen LogP contribution is 2.36. The van der Waals surface area contributed by atoms with E-state index in [1.165, 1.54) is 10.1 Å². The van der Waals surface area contributed by atoms with Gasteiger partial charge in [-0.1, -0.05) is 68.4 Å². The Hall–Kier alpha value is -4.70. The monoisotopic (exact) mass is 737 g/mol. The number of benzene rings is 5. The summed E-state index contributed by atoms with van der Waals surface area (Å²) in [5.74, 6) is 2.74. The lowest BCUT2D eigenvalue weighted by molar-refractivity contribution is 0.268. The van der Waals surface area contributed by atoms with Gasteiger partial charge >= 0.3 is 0 Å². The van der Waals surface area contributed by atoms with Crippen molar-refractivity contribution >= 4 is 50.5 Å². The molecule has 6 rings (SSSR count). The molecule has 0 aliphatic carbocycles.